The highest BCUT2D eigenvalue weighted by atomic mass is 19.1. The molecule has 178 valence electrons. The molecular weight excluding hydrogens is 433 g/mol. The molecule has 2 heterocycles. The van der Waals surface area contributed by atoms with E-state index in [1.54, 1.807) is 51.4 Å². The summed E-state index contributed by atoms with van der Waals surface area (Å²) in [6.07, 6.45) is 4.55. The molecule has 0 aliphatic carbocycles. The van der Waals surface area contributed by atoms with E-state index in [4.69, 9.17) is 15.0 Å². The predicted molar refractivity (Wildman–Crippen MR) is 133 cm³/mol. The maximum absolute atomic E-state index is 14.7. The SMILES string of the molecule is C=C/C(C#N)=C(F)\C=C(/C)c1nc(N(C)CC2CCCN2)n(C)c(=O)c1-c1ccc(OC)cc1. The van der Waals surface area contributed by atoms with E-state index in [0.717, 1.165) is 25.5 Å². The van der Waals surface area contributed by atoms with Crippen molar-refractivity contribution in [2.24, 2.45) is 7.05 Å². The molecule has 1 atom stereocenters. The normalized spacial score (nSPS) is 16.6. The molecule has 1 fully saturated rings. The number of hydrogen-bond donors (Lipinski definition) is 1. The van der Waals surface area contributed by atoms with Crippen molar-refractivity contribution in [2.75, 3.05) is 32.1 Å². The summed E-state index contributed by atoms with van der Waals surface area (Å²) < 4.78 is 21.5. The number of allylic oxidation sites excluding steroid dienone is 5. The molecule has 3 rings (SSSR count). The van der Waals surface area contributed by atoms with Gasteiger partial charge in [-0.15, -0.1) is 0 Å². The lowest BCUT2D eigenvalue weighted by Crippen LogP contribution is -2.39. The molecule has 2 aromatic rings. The Morgan fingerprint density at radius 2 is 2.15 bits per heavy atom. The average molecular weight is 464 g/mol. The minimum Gasteiger partial charge on any atom is -0.497 e. The number of hydrogen-bond acceptors (Lipinski definition) is 6. The van der Waals surface area contributed by atoms with E-state index in [-0.39, 0.29) is 11.1 Å². The molecule has 1 aromatic heterocycles. The van der Waals surface area contributed by atoms with Gasteiger partial charge in [0.25, 0.3) is 5.56 Å². The first-order valence-electron chi connectivity index (χ1n) is 11.1. The van der Waals surface area contributed by atoms with Crippen molar-refractivity contribution in [3.05, 3.63) is 70.4 Å². The van der Waals surface area contributed by atoms with Gasteiger partial charge in [-0.25, -0.2) is 9.37 Å². The number of halogens is 1. The Morgan fingerprint density at radius 1 is 1.44 bits per heavy atom. The molecular formula is C26H30FN5O2. The van der Waals surface area contributed by atoms with Crippen LogP contribution in [0.15, 0.2) is 59.2 Å². The summed E-state index contributed by atoms with van der Waals surface area (Å²) in [5.41, 5.74) is 1.32. The summed E-state index contributed by atoms with van der Waals surface area (Å²) in [5, 5.41) is 12.6. The monoisotopic (exact) mass is 463 g/mol. The van der Waals surface area contributed by atoms with Gasteiger partial charge >= 0.3 is 0 Å². The van der Waals surface area contributed by atoms with Gasteiger partial charge in [0, 0.05) is 26.7 Å². The Hall–Kier alpha value is -3.70. The van der Waals surface area contributed by atoms with E-state index in [0.29, 0.717) is 46.7 Å². The van der Waals surface area contributed by atoms with Crippen LogP contribution in [0.25, 0.3) is 16.7 Å². The zero-order valence-corrected chi connectivity index (χ0v) is 20.1. The predicted octanol–water partition coefficient (Wildman–Crippen LogP) is 3.98. The lowest BCUT2D eigenvalue weighted by Gasteiger charge is -2.25. The average Bonchev–Trinajstić information content (AvgIpc) is 3.34. The minimum atomic E-state index is -0.733. The van der Waals surface area contributed by atoms with E-state index >= 15 is 0 Å². The lowest BCUT2D eigenvalue weighted by atomic mass is 10.00. The molecule has 1 aliphatic rings. The van der Waals surface area contributed by atoms with Gasteiger partial charge in [0.2, 0.25) is 5.95 Å². The quantitative estimate of drug-likeness (QED) is 0.471. The molecule has 1 aliphatic heterocycles. The molecule has 0 bridgehead atoms. The van der Waals surface area contributed by atoms with Crippen LogP contribution in [0, 0.1) is 11.3 Å². The van der Waals surface area contributed by atoms with Crippen molar-refractivity contribution in [1.82, 2.24) is 14.9 Å². The molecule has 0 amide bonds. The third-order valence-corrected chi connectivity index (χ3v) is 5.94. The van der Waals surface area contributed by atoms with Gasteiger partial charge in [0.05, 0.1) is 23.9 Å². The van der Waals surface area contributed by atoms with Crippen LogP contribution < -0.4 is 20.5 Å². The summed E-state index contributed by atoms with van der Waals surface area (Å²) >= 11 is 0. The van der Waals surface area contributed by atoms with Crippen LogP contribution in [-0.2, 0) is 7.05 Å². The van der Waals surface area contributed by atoms with E-state index < -0.39 is 5.83 Å². The number of nitriles is 1. The van der Waals surface area contributed by atoms with E-state index in [2.05, 4.69) is 11.9 Å². The van der Waals surface area contributed by atoms with E-state index in [1.807, 2.05) is 11.9 Å². The number of nitrogens with zero attached hydrogens (tertiary/aromatic N) is 4. The van der Waals surface area contributed by atoms with Crippen molar-refractivity contribution in [1.29, 1.82) is 5.26 Å². The Bertz CT molecular complexity index is 1220. The van der Waals surface area contributed by atoms with Crippen LogP contribution in [0.2, 0.25) is 0 Å². The fraction of sp³-hybridized carbons (Fsp3) is 0.346. The van der Waals surface area contributed by atoms with Gasteiger partial charge in [0.1, 0.15) is 17.6 Å². The second-order valence-corrected chi connectivity index (χ2v) is 8.31. The van der Waals surface area contributed by atoms with Crippen LogP contribution in [0.4, 0.5) is 10.3 Å². The smallest absolute Gasteiger partial charge is 0.263 e. The highest BCUT2D eigenvalue weighted by Gasteiger charge is 2.23. The summed E-state index contributed by atoms with van der Waals surface area (Å²) in [5.74, 6) is 0.400. The molecule has 0 spiro atoms. The van der Waals surface area contributed by atoms with Crippen molar-refractivity contribution in [3.63, 3.8) is 0 Å². The summed E-state index contributed by atoms with van der Waals surface area (Å²) in [4.78, 5) is 20.4. The van der Waals surface area contributed by atoms with Gasteiger partial charge in [0.15, 0.2) is 0 Å². The van der Waals surface area contributed by atoms with Crippen LogP contribution in [0.5, 0.6) is 5.75 Å². The second-order valence-electron chi connectivity index (χ2n) is 8.31. The number of ether oxygens (including phenoxy) is 1. The van der Waals surface area contributed by atoms with E-state index in [1.165, 1.54) is 10.6 Å². The largest absolute Gasteiger partial charge is 0.497 e. The number of aromatic nitrogens is 2. The summed E-state index contributed by atoms with van der Waals surface area (Å²) in [6, 6.07) is 9.17. The number of anilines is 1. The maximum atomic E-state index is 14.7. The van der Waals surface area contributed by atoms with Crippen molar-refractivity contribution >= 4 is 11.5 Å². The number of nitrogens with one attached hydrogen (secondary N) is 1. The highest BCUT2D eigenvalue weighted by Crippen LogP contribution is 2.29. The molecule has 34 heavy (non-hydrogen) atoms. The first-order valence-corrected chi connectivity index (χ1v) is 11.1. The molecule has 1 N–H and O–H groups in total. The van der Waals surface area contributed by atoms with Gasteiger partial charge in [-0.2, -0.15) is 5.26 Å². The standard InChI is InChI=1S/C26H30FN5O2/c1-6-18(15-28)22(27)14-17(2)24-23(19-9-11-21(34-5)12-10-19)25(33)32(4)26(30-24)31(3)16-20-8-7-13-29-20/h6,9-12,14,20,29H,1,7-8,13,16H2,2-5H3/b17-14+,22-18-. The Labute approximate surface area is 199 Å². The molecule has 1 unspecified atom stereocenters. The first kappa shape index (κ1) is 24.9. The number of benzene rings is 1. The second kappa shape index (κ2) is 10.9. The molecule has 8 heteroatoms. The van der Waals surface area contributed by atoms with E-state index in [9.17, 15) is 9.18 Å². The Morgan fingerprint density at radius 3 is 2.71 bits per heavy atom. The van der Waals surface area contributed by atoms with Crippen LogP contribution in [-0.4, -0.2) is 42.8 Å². The number of rotatable bonds is 8. The first-order chi connectivity index (χ1) is 16.3. The van der Waals surface area contributed by atoms with Crippen LogP contribution in [0.3, 0.4) is 0 Å². The van der Waals surface area contributed by atoms with Crippen molar-refractivity contribution in [3.8, 4) is 22.9 Å². The van der Waals surface area contributed by atoms with Crippen molar-refractivity contribution in [2.45, 2.75) is 25.8 Å². The third kappa shape index (κ3) is 5.26. The minimum absolute atomic E-state index is 0.182. The third-order valence-electron chi connectivity index (χ3n) is 5.94. The number of methoxy groups -OCH3 is 1. The molecule has 0 saturated carbocycles. The maximum Gasteiger partial charge on any atom is 0.263 e. The fourth-order valence-corrected chi connectivity index (χ4v) is 4.09. The zero-order chi connectivity index (χ0) is 24.8. The van der Waals surface area contributed by atoms with Gasteiger partial charge < -0.3 is 15.0 Å². The molecule has 0 radical (unpaired) electrons. The highest BCUT2D eigenvalue weighted by molar-refractivity contribution is 5.80. The Kier molecular flexibility index (Phi) is 8.03. The molecule has 1 aromatic carbocycles. The van der Waals surface area contributed by atoms with Crippen molar-refractivity contribution < 1.29 is 9.13 Å². The summed E-state index contributed by atoms with van der Waals surface area (Å²) in [6.45, 7) is 6.82. The van der Waals surface area contributed by atoms with Crippen LogP contribution in [0.1, 0.15) is 25.5 Å². The van der Waals surface area contributed by atoms with Gasteiger partial charge in [-0.3, -0.25) is 9.36 Å². The zero-order valence-electron chi connectivity index (χ0n) is 20.1. The van der Waals surface area contributed by atoms with Crippen LogP contribution >= 0.6 is 0 Å². The topological polar surface area (TPSA) is 83.2 Å². The fourth-order valence-electron chi connectivity index (χ4n) is 4.09. The van der Waals surface area contributed by atoms with Gasteiger partial charge in [-0.1, -0.05) is 18.7 Å². The number of likely N-dealkylation sites (N-methyl/N-ethyl adjacent to an activating group) is 1. The Balaban J connectivity index is 2.20. The molecule has 7 nitrogen and oxygen atoms in total. The summed E-state index contributed by atoms with van der Waals surface area (Å²) in [7, 11) is 5.15. The van der Waals surface area contributed by atoms with Gasteiger partial charge in [-0.05, 0) is 61.7 Å². The lowest BCUT2D eigenvalue weighted by molar-refractivity contribution is 0.415. The molecule has 1 saturated heterocycles.